The van der Waals surface area contributed by atoms with E-state index in [0.29, 0.717) is 19.6 Å². The van der Waals surface area contributed by atoms with Crippen molar-refractivity contribution in [1.82, 2.24) is 9.80 Å². The zero-order valence-electron chi connectivity index (χ0n) is 16.8. The fourth-order valence-corrected chi connectivity index (χ4v) is 3.58. The molecule has 8 heteroatoms. The fraction of sp³-hybridized carbons (Fsp3) is 0.409. The van der Waals surface area contributed by atoms with Crippen molar-refractivity contribution in [3.8, 4) is 5.75 Å². The van der Waals surface area contributed by atoms with Gasteiger partial charge >= 0.3 is 6.18 Å². The molecule has 1 amide bonds. The summed E-state index contributed by atoms with van der Waals surface area (Å²) < 4.78 is 56.9. The molecular formula is C22H24F4N2O2. The summed E-state index contributed by atoms with van der Waals surface area (Å²) >= 11 is 0. The van der Waals surface area contributed by atoms with Gasteiger partial charge in [-0.2, -0.15) is 13.2 Å². The molecule has 3 rings (SSSR count). The fourth-order valence-electron chi connectivity index (χ4n) is 3.58. The molecule has 1 aliphatic rings. The standard InChI is InChI=1S/C22H24F4N2O2/c1-15-12-28(16(2)11-27(15)13-17-6-8-19(23)9-7-17)21(29)14-30-20-5-3-4-18(10-20)22(24,25)26/h3-10,15-16H,11-14H2,1-2H3. The van der Waals surface area contributed by atoms with E-state index in [9.17, 15) is 22.4 Å². The van der Waals surface area contributed by atoms with Gasteiger partial charge in [-0.1, -0.05) is 18.2 Å². The summed E-state index contributed by atoms with van der Waals surface area (Å²) in [4.78, 5) is 16.5. The molecule has 0 aliphatic carbocycles. The van der Waals surface area contributed by atoms with Gasteiger partial charge in [0.2, 0.25) is 0 Å². The summed E-state index contributed by atoms with van der Waals surface area (Å²) in [5, 5.41) is 0. The Kier molecular flexibility index (Phi) is 6.65. The van der Waals surface area contributed by atoms with Crippen LogP contribution in [0, 0.1) is 5.82 Å². The van der Waals surface area contributed by atoms with E-state index >= 15 is 0 Å². The number of hydrogen-bond donors (Lipinski definition) is 0. The second kappa shape index (κ2) is 9.04. The minimum atomic E-state index is -4.46. The highest BCUT2D eigenvalue weighted by atomic mass is 19.4. The van der Waals surface area contributed by atoms with Crippen LogP contribution < -0.4 is 4.74 Å². The van der Waals surface area contributed by atoms with Gasteiger partial charge in [-0.25, -0.2) is 4.39 Å². The van der Waals surface area contributed by atoms with Gasteiger partial charge in [-0.05, 0) is 49.7 Å². The van der Waals surface area contributed by atoms with Crippen molar-refractivity contribution in [2.45, 2.75) is 38.7 Å². The molecule has 0 saturated carbocycles. The van der Waals surface area contributed by atoms with E-state index in [1.54, 1.807) is 17.0 Å². The second-order valence-corrected chi connectivity index (χ2v) is 7.61. The summed E-state index contributed by atoms with van der Waals surface area (Å²) in [5.74, 6) is -0.543. The Morgan fingerprint density at radius 1 is 1.07 bits per heavy atom. The molecule has 4 nitrogen and oxygen atoms in total. The molecule has 1 aliphatic heterocycles. The van der Waals surface area contributed by atoms with E-state index in [1.165, 1.54) is 24.3 Å². The maximum Gasteiger partial charge on any atom is 0.416 e. The van der Waals surface area contributed by atoms with Crippen LogP contribution in [-0.4, -0.2) is 47.5 Å². The van der Waals surface area contributed by atoms with Crippen molar-refractivity contribution in [2.24, 2.45) is 0 Å². The van der Waals surface area contributed by atoms with Crippen LogP contribution >= 0.6 is 0 Å². The molecule has 0 N–H and O–H groups in total. The molecule has 0 aromatic heterocycles. The van der Waals surface area contributed by atoms with Crippen LogP contribution in [0.4, 0.5) is 17.6 Å². The topological polar surface area (TPSA) is 32.8 Å². The largest absolute Gasteiger partial charge is 0.484 e. The van der Waals surface area contributed by atoms with E-state index in [-0.39, 0.29) is 36.2 Å². The first-order valence-electron chi connectivity index (χ1n) is 9.71. The van der Waals surface area contributed by atoms with E-state index in [1.807, 2.05) is 13.8 Å². The minimum Gasteiger partial charge on any atom is -0.484 e. The normalized spacial score (nSPS) is 20.3. The van der Waals surface area contributed by atoms with Crippen LogP contribution in [0.5, 0.6) is 5.75 Å². The van der Waals surface area contributed by atoms with Crippen LogP contribution in [-0.2, 0) is 17.5 Å². The molecule has 0 spiro atoms. The van der Waals surface area contributed by atoms with Gasteiger partial charge in [-0.15, -0.1) is 0 Å². The van der Waals surface area contributed by atoms with E-state index in [0.717, 1.165) is 17.7 Å². The quantitative estimate of drug-likeness (QED) is 0.670. The third-order valence-electron chi connectivity index (χ3n) is 5.26. The molecule has 0 bridgehead atoms. The van der Waals surface area contributed by atoms with Gasteiger partial charge in [0.05, 0.1) is 5.56 Å². The predicted octanol–water partition coefficient (Wildman–Crippen LogP) is 4.34. The van der Waals surface area contributed by atoms with E-state index < -0.39 is 11.7 Å². The van der Waals surface area contributed by atoms with Crippen LogP contribution in [0.3, 0.4) is 0 Å². The Balaban J connectivity index is 1.56. The lowest BCUT2D eigenvalue weighted by Crippen LogP contribution is -2.58. The Morgan fingerprint density at radius 2 is 1.77 bits per heavy atom. The number of carbonyl (C=O) groups is 1. The average Bonchev–Trinajstić information content (AvgIpc) is 2.70. The lowest BCUT2D eigenvalue weighted by Gasteiger charge is -2.44. The van der Waals surface area contributed by atoms with Crippen LogP contribution in [0.15, 0.2) is 48.5 Å². The molecule has 0 radical (unpaired) electrons. The molecule has 2 atom stereocenters. The molecule has 1 saturated heterocycles. The van der Waals surface area contributed by atoms with Gasteiger partial charge in [0.25, 0.3) is 5.91 Å². The monoisotopic (exact) mass is 424 g/mol. The number of hydrogen-bond acceptors (Lipinski definition) is 3. The third-order valence-corrected chi connectivity index (χ3v) is 5.26. The smallest absolute Gasteiger partial charge is 0.416 e. The molecule has 30 heavy (non-hydrogen) atoms. The van der Waals surface area contributed by atoms with Crippen molar-refractivity contribution in [3.63, 3.8) is 0 Å². The summed E-state index contributed by atoms with van der Waals surface area (Å²) in [7, 11) is 0. The molecule has 162 valence electrons. The Hall–Kier alpha value is -2.61. The van der Waals surface area contributed by atoms with E-state index in [4.69, 9.17) is 4.74 Å². The predicted molar refractivity (Wildman–Crippen MR) is 104 cm³/mol. The maximum atomic E-state index is 13.1. The number of ether oxygens (including phenoxy) is 1. The van der Waals surface area contributed by atoms with Gasteiger partial charge < -0.3 is 9.64 Å². The Bertz CT molecular complexity index is 870. The first-order chi connectivity index (χ1) is 14.1. The zero-order chi connectivity index (χ0) is 21.9. The van der Waals surface area contributed by atoms with Gasteiger partial charge in [0, 0.05) is 31.7 Å². The zero-order valence-corrected chi connectivity index (χ0v) is 16.8. The molecule has 1 heterocycles. The maximum absolute atomic E-state index is 13.1. The summed E-state index contributed by atoms with van der Waals surface area (Å²) in [5.41, 5.74) is 0.173. The number of carbonyl (C=O) groups excluding carboxylic acids is 1. The third kappa shape index (κ3) is 5.50. The second-order valence-electron chi connectivity index (χ2n) is 7.61. The van der Waals surface area contributed by atoms with Crippen molar-refractivity contribution in [1.29, 1.82) is 0 Å². The van der Waals surface area contributed by atoms with Crippen LogP contribution in [0.25, 0.3) is 0 Å². The van der Waals surface area contributed by atoms with Crippen molar-refractivity contribution >= 4 is 5.91 Å². The van der Waals surface area contributed by atoms with Crippen molar-refractivity contribution in [2.75, 3.05) is 19.7 Å². The molecule has 2 unspecified atom stereocenters. The SMILES string of the molecule is CC1CN(C(=O)COc2cccc(C(F)(F)F)c2)C(C)CN1Cc1ccc(F)cc1. The molecule has 2 aromatic rings. The molecule has 1 fully saturated rings. The van der Waals surface area contributed by atoms with E-state index in [2.05, 4.69) is 4.90 Å². The Morgan fingerprint density at radius 3 is 2.43 bits per heavy atom. The lowest BCUT2D eigenvalue weighted by molar-refractivity contribution is -0.139. The highest BCUT2D eigenvalue weighted by Gasteiger charge is 2.33. The number of alkyl halides is 3. The molecule has 2 aromatic carbocycles. The number of rotatable bonds is 5. The number of piperazine rings is 1. The first-order valence-corrected chi connectivity index (χ1v) is 9.71. The average molecular weight is 424 g/mol. The number of benzene rings is 2. The number of amides is 1. The van der Waals surface area contributed by atoms with Crippen LogP contribution in [0.1, 0.15) is 25.0 Å². The molecular weight excluding hydrogens is 400 g/mol. The number of halogens is 4. The highest BCUT2D eigenvalue weighted by molar-refractivity contribution is 5.78. The highest BCUT2D eigenvalue weighted by Crippen LogP contribution is 2.31. The van der Waals surface area contributed by atoms with Crippen LogP contribution in [0.2, 0.25) is 0 Å². The van der Waals surface area contributed by atoms with Crippen molar-refractivity contribution < 1.29 is 27.1 Å². The Labute approximate surface area is 173 Å². The lowest BCUT2D eigenvalue weighted by atomic mass is 10.1. The summed E-state index contributed by atoms with van der Waals surface area (Å²) in [6, 6.07) is 10.8. The first kappa shape index (κ1) is 22.1. The van der Waals surface area contributed by atoms with Gasteiger partial charge in [0.1, 0.15) is 11.6 Å². The summed E-state index contributed by atoms with van der Waals surface area (Å²) in [6.45, 7) is 5.36. The minimum absolute atomic E-state index is 0.00817. The summed E-state index contributed by atoms with van der Waals surface area (Å²) in [6.07, 6.45) is -4.46. The number of nitrogens with zero attached hydrogens (tertiary/aromatic N) is 2. The van der Waals surface area contributed by atoms with Gasteiger partial charge in [-0.3, -0.25) is 9.69 Å². The van der Waals surface area contributed by atoms with Crippen molar-refractivity contribution in [3.05, 3.63) is 65.5 Å². The van der Waals surface area contributed by atoms with Gasteiger partial charge in [0.15, 0.2) is 6.61 Å².